The third kappa shape index (κ3) is 3.08. The second-order valence-electron chi connectivity index (χ2n) is 4.15. The maximum Gasteiger partial charge on any atom is 0.140 e. The number of anilines is 1. The first-order chi connectivity index (χ1) is 8.79. The summed E-state index contributed by atoms with van der Waals surface area (Å²) in [7, 11) is 0. The number of aromatic nitrogens is 1. The van der Waals surface area contributed by atoms with E-state index in [1.165, 1.54) is 11.1 Å². The second-order valence-corrected chi connectivity index (χ2v) is 4.15. The molecule has 1 aromatic carbocycles. The maximum atomic E-state index is 8.65. The highest BCUT2D eigenvalue weighted by molar-refractivity contribution is 5.43. The van der Waals surface area contributed by atoms with E-state index in [1.807, 2.05) is 12.1 Å². The van der Waals surface area contributed by atoms with Gasteiger partial charge in [0.15, 0.2) is 0 Å². The van der Waals surface area contributed by atoms with Crippen LogP contribution in [0.1, 0.15) is 16.8 Å². The highest BCUT2D eigenvalue weighted by Gasteiger charge is 1.98. The van der Waals surface area contributed by atoms with Crippen molar-refractivity contribution >= 4 is 5.69 Å². The van der Waals surface area contributed by atoms with E-state index >= 15 is 0 Å². The van der Waals surface area contributed by atoms with E-state index in [0.717, 1.165) is 18.7 Å². The van der Waals surface area contributed by atoms with E-state index in [0.29, 0.717) is 5.69 Å². The van der Waals surface area contributed by atoms with E-state index in [9.17, 15) is 0 Å². The Morgan fingerprint density at radius 2 is 2.06 bits per heavy atom. The van der Waals surface area contributed by atoms with Crippen LogP contribution in [0.25, 0.3) is 0 Å². The number of hydrogen-bond donors (Lipinski definition) is 1. The van der Waals surface area contributed by atoms with Gasteiger partial charge in [0.25, 0.3) is 0 Å². The molecule has 0 amide bonds. The molecule has 0 fully saturated rings. The van der Waals surface area contributed by atoms with Crippen molar-refractivity contribution in [3.05, 3.63) is 59.4 Å². The normalized spacial score (nSPS) is 9.78. The quantitative estimate of drug-likeness (QED) is 0.889. The molecule has 3 heteroatoms. The predicted octanol–water partition coefficient (Wildman–Crippen LogP) is 2.92. The van der Waals surface area contributed by atoms with E-state index in [1.54, 1.807) is 12.3 Å². The summed E-state index contributed by atoms with van der Waals surface area (Å²) < 4.78 is 0. The van der Waals surface area contributed by atoms with Crippen molar-refractivity contribution in [2.24, 2.45) is 0 Å². The van der Waals surface area contributed by atoms with Crippen molar-refractivity contribution in [3.8, 4) is 6.07 Å². The number of pyridine rings is 1. The highest BCUT2D eigenvalue weighted by Crippen LogP contribution is 2.09. The van der Waals surface area contributed by atoms with Gasteiger partial charge in [0.1, 0.15) is 11.8 Å². The van der Waals surface area contributed by atoms with Crippen LogP contribution in [0.3, 0.4) is 0 Å². The lowest BCUT2D eigenvalue weighted by Gasteiger charge is -2.08. The van der Waals surface area contributed by atoms with Crippen molar-refractivity contribution in [1.82, 2.24) is 4.98 Å². The minimum atomic E-state index is 0.444. The van der Waals surface area contributed by atoms with Gasteiger partial charge in [-0.2, -0.15) is 5.26 Å². The number of hydrogen-bond acceptors (Lipinski definition) is 3. The van der Waals surface area contributed by atoms with Crippen molar-refractivity contribution in [1.29, 1.82) is 5.26 Å². The van der Waals surface area contributed by atoms with Gasteiger partial charge in [0, 0.05) is 6.54 Å². The van der Waals surface area contributed by atoms with Crippen LogP contribution in [-0.4, -0.2) is 11.5 Å². The number of benzene rings is 1. The first kappa shape index (κ1) is 12.1. The molecule has 90 valence electrons. The van der Waals surface area contributed by atoms with E-state index < -0.39 is 0 Å². The fourth-order valence-electron chi connectivity index (χ4n) is 1.80. The fraction of sp³-hybridized carbons (Fsp3) is 0.200. The number of nitrogens with zero attached hydrogens (tertiary/aromatic N) is 2. The molecule has 2 rings (SSSR count). The third-order valence-corrected chi connectivity index (χ3v) is 2.86. The molecule has 2 aromatic rings. The Balaban J connectivity index is 1.89. The first-order valence-electron chi connectivity index (χ1n) is 5.94. The van der Waals surface area contributed by atoms with Crippen LogP contribution in [0.5, 0.6) is 0 Å². The number of nitrogens with one attached hydrogen (secondary N) is 1. The fourth-order valence-corrected chi connectivity index (χ4v) is 1.80. The Morgan fingerprint density at radius 3 is 2.72 bits per heavy atom. The molecule has 0 aliphatic carbocycles. The molecule has 1 N–H and O–H groups in total. The molecule has 0 radical (unpaired) electrons. The number of aryl methyl sites for hydroxylation is 1. The summed E-state index contributed by atoms with van der Waals surface area (Å²) in [6.07, 6.45) is 2.67. The predicted molar refractivity (Wildman–Crippen MR) is 72.3 cm³/mol. The summed E-state index contributed by atoms with van der Waals surface area (Å²) in [4.78, 5) is 4.02. The lowest BCUT2D eigenvalue weighted by molar-refractivity contribution is 1.00. The molecule has 0 spiro atoms. The van der Waals surface area contributed by atoms with Crippen LogP contribution < -0.4 is 5.32 Å². The van der Waals surface area contributed by atoms with Crippen molar-refractivity contribution in [2.45, 2.75) is 13.3 Å². The summed E-state index contributed by atoms with van der Waals surface area (Å²) in [6.45, 7) is 2.98. The topological polar surface area (TPSA) is 48.7 Å². The molecular weight excluding hydrogens is 222 g/mol. The Labute approximate surface area is 107 Å². The summed E-state index contributed by atoms with van der Waals surface area (Å²) in [5, 5.41) is 12.0. The van der Waals surface area contributed by atoms with Crippen LogP contribution in [0.2, 0.25) is 0 Å². The maximum absolute atomic E-state index is 8.65. The van der Waals surface area contributed by atoms with Gasteiger partial charge in [-0.3, -0.25) is 0 Å². The minimum Gasteiger partial charge on any atom is -0.383 e. The van der Waals surface area contributed by atoms with Gasteiger partial charge < -0.3 is 5.32 Å². The van der Waals surface area contributed by atoms with Crippen LogP contribution in [0.4, 0.5) is 5.69 Å². The molecule has 0 aliphatic rings. The molecule has 1 heterocycles. The van der Waals surface area contributed by atoms with Gasteiger partial charge >= 0.3 is 0 Å². The Kier molecular flexibility index (Phi) is 3.93. The smallest absolute Gasteiger partial charge is 0.140 e. The van der Waals surface area contributed by atoms with Crippen LogP contribution in [0, 0.1) is 18.3 Å². The summed E-state index contributed by atoms with van der Waals surface area (Å²) in [5.41, 5.74) is 4.06. The average Bonchev–Trinajstić information content (AvgIpc) is 2.42. The van der Waals surface area contributed by atoms with Crippen LogP contribution >= 0.6 is 0 Å². The lowest BCUT2D eigenvalue weighted by atomic mass is 10.1. The van der Waals surface area contributed by atoms with Gasteiger partial charge in [-0.15, -0.1) is 0 Å². The van der Waals surface area contributed by atoms with Crippen LogP contribution in [-0.2, 0) is 6.42 Å². The molecule has 18 heavy (non-hydrogen) atoms. The van der Waals surface area contributed by atoms with Gasteiger partial charge in [0.2, 0.25) is 0 Å². The molecular formula is C15H15N3. The zero-order valence-corrected chi connectivity index (χ0v) is 10.4. The Hall–Kier alpha value is -2.34. The molecule has 3 nitrogen and oxygen atoms in total. The summed E-state index contributed by atoms with van der Waals surface area (Å²) in [5.74, 6) is 0. The Bertz CT molecular complexity index is 553. The zero-order chi connectivity index (χ0) is 12.8. The van der Waals surface area contributed by atoms with Gasteiger partial charge in [-0.05, 0) is 36.6 Å². The molecule has 0 bridgehead atoms. The van der Waals surface area contributed by atoms with Gasteiger partial charge in [-0.1, -0.05) is 24.3 Å². The molecule has 0 unspecified atom stereocenters. The molecule has 0 saturated heterocycles. The van der Waals surface area contributed by atoms with Crippen molar-refractivity contribution < 1.29 is 0 Å². The van der Waals surface area contributed by atoms with Crippen molar-refractivity contribution in [3.63, 3.8) is 0 Å². The van der Waals surface area contributed by atoms with Gasteiger partial charge in [0.05, 0.1) is 11.9 Å². The highest BCUT2D eigenvalue weighted by atomic mass is 14.9. The zero-order valence-electron chi connectivity index (χ0n) is 10.4. The van der Waals surface area contributed by atoms with E-state index in [-0.39, 0.29) is 0 Å². The molecule has 0 aliphatic heterocycles. The average molecular weight is 237 g/mol. The summed E-state index contributed by atoms with van der Waals surface area (Å²) in [6, 6.07) is 14.0. The Morgan fingerprint density at radius 1 is 1.22 bits per heavy atom. The SMILES string of the molecule is Cc1ccccc1CCNc1ccc(C#N)nc1. The molecule has 0 atom stereocenters. The van der Waals surface area contributed by atoms with Gasteiger partial charge in [-0.25, -0.2) is 4.98 Å². The van der Waals surface area contributed by atoms with Crippen LogP contribution in [0.15, 0.2) is 42.6 Å². The molecule has 0 saturated carbocycles. The standard InChI is InChI=1S/C15H15N3/c1-12-4-2-3-5-13(12)8-9-17-15-7-6-14(10-16)18-11-15/h2-7,11,17H,8-9H2,1H3. The minimum absolute atomic E-state index is 0.444. The second kappa shape index (κ2) is 5.83. The van der Waals surface area contributed by atoms with E-state index in [4.69, 9.17) is 5.26 Å². The third-order valence-electron chi connectivity index (χ3n) is 2.86. The number of rotatable bonds is 4. The van der Waals surface area contributed by atoms with E-state index in [2.05, 4.69) is 41.5 Å². The summed E-state index contributed by atoms with van der Waals surface area (Å²) >= 11 is 0. The monoisotopic (exact) mass is 237 g/mol. The van der Waals surface area contributed by atoms with Crippen molar-refractivity contribution in [2.75, 3.05) is 11.9 Å². The largest absolute Gasteiger partial charge is 0.383 e. The lowest BCUT2D eigenvalue weighted by Crippen LogP contribution is -2.06. The first-order valence-corrected chi connectivity index (χ1v) is 5.94. The number of nitriles is 1. The molecule has 1 aromatic heterocycles.